The number of amides is 1. The van der Waals surface area contributed by atoms with Crippen LogP contribution in [0.4, 0.5) is 5.95 Å². The minimum atomic E-state index is -0.605. The fourth-order valence-corrected chi connectivity index (χ4v) is 1.07. The minimum absolute atomic E-state index is 0.347. The van der Waals surface area contributed by atoms with E-state index in [1.165, 1.54) is 0 Å². The van der Waals surface area contributed by atoms with Crippen molar-refractivity contribution in [2.45, 2.75) is 13.8 Å². The lowest BCUT2D eigenvalue weighted by molar-refractivity contribution is -0.125. The molecule has 1 heterocycles. The van der Waals surface area contributed by atoms with Crippen molar-refractivity contribution in [2.24, 2.45) is 11.1 Å². The van der Waals surface area contributed by atoms with E-state index in [-0.39, 0.29) is 5.91 Å². The summed E-state index contributed by atoms with van der Waals surface area (Å²) in [5, 5.41) is 2.97. The number of primary amides is 1. The predicted molar refractivity (Wildman–Crippen MR) is 66.2 cm³/mol. The van der Waals surface area contributed by atoms with Gasteiger partial charge in [-0.25, -0.2) is 9.97 Å². The maximum atomic E-state index is 11.0. The third-order valence-electron chi connectivity index (χ3n) is 1.98. The van der Waals surface area contributed by atoms with E-state index in [4.69, 9.17) is 5.73 Å². The molecular formula is C9H13IN4O. The molecule has 0 aliphatic carbocycles. The van der Waals surface area contributed by atoms with Gasteiger partial charge in [0.2, 0.25) is 11.9 Å². The fraction of sp³-hybridized carbons (Fsp3) is 0.444. The number of carbonyl (C=O) groups is 1. The fourth-order valence-electron chi connectivity index (χ4n) is 0.791. The van der Waals surface area contributed by atoms with E-state index in [1.807, 2.05) is 0 Å². The molecule has 0 aliphatic rings. The summed E-state index contributed by atoms with van der Waals surface area (Å²) in [6.07, 6.45) is 3.40. The Morgan fingerprint density at radius 3 is 2.53 bits per heavy atom. The third kappa shape index (κ3) is 3.61. The second-order valence-corrected chi connectivity index (χ2v) is 5.07. The number of aromatic nitrogens is 2. The zero-order chi connectivity index (χ0) is 11.5. The molecule has 0 spiro atoms. The zero-order valence-corrected chi connectivity index (χ0v) is 10.8. The summed E-state index contributed by atoms with van der Waals surface area (Å²) in [4.78, 5) is 19.2. The SMILES string of the molecule is CC(C)(CNc1ncc(I)cn1)C(N)=O. The Hall–Kier alpha value is -0.920. The number of anilines is 1. The average Bonchev–Trinajstić information content (AvgIpc) is 2.17. The maximum Gasteiger partial charge on any atom is 0.224 e. The highest BCUT2D eigenvalue weighted by Crippen LogP contribution is 2.14. The molecule has 1 rings (SSSR count). The van der Waals surface area contributed by atoms with Crippen LogP contribution in [0.15, 0.2) is 12.4 Å². The van der Waals surface area contributed by atoms with E-state index in [9.17, 15) is 4.79 Å². The number of carbonyl (C=O) groups excluding carboxylic acids is 1. The quantitative estimate of drug-likeness (QED) is 0.811. The van der Waals surface area contributed by atoms with E-state index < -0.39 is 5.41 Å². The Balaban J connectivity index is 2.57. The highest BCUT2D eigenvalue weighted by atomic mass is 127. The van der Waals surface area contributed by atoms with Crippen LogP contribution in [-0.4, -0.2) is 22.4 Å². The van der Waals surface area contributed by atoms with Crippen molar-refractivity contribution >= 4 is 34.4 Å². The van der Waals surface area contributed by atoms with Crippen molar-refractivity contribution < 1.29 is 4.79 Å². The highest BCUT2D eigenvalue weighted by Gasteiger charge is 2.24. The number of halogens is 1. The largest absolute Gasteiger partial charge is 0.369 e. The number of nitrogens with two attached hydrogens (primary N) is 1. The molecule has 0 fully saturated rings. The molecule has 5 nitrogen and oxygen atoms in total. The van der Waals surface area contributed by atoms with E-state index in [0.29, 0.717) is 12.5 Å². The lowest BCUT2D eigenvalue weighted by Crippen LogP contribution is -2.37. The molecule has 0 aliphatic heterocycles. The van der Waals surface area contributed by atoms with Crippen LogP contribution in [-0.2, 0) is 4.79 Å². The highest BCUT2D eigenvalue weighted by molar-refractivity contribution is 14.1. The van der Waals surface area contributed by atoms with Crippen LogP contribution < -0.4 is 11.1 Å². The van der Waals surface area contributed by atoms with Crippen LogP contribution in [0.1, 0.15) is 13.8 Å². The predicted octanol–water partition coefficient (Wildman–Crippen LogP) is 1.00. The standard InChI is InChI=1S/C9H13IN4O/c1-9(2,7(11)15)5-14-8-12-3-6(10)4-13-8/h3-4H,5H2,1-2H3,(H2,11,15)(H,12,13,14). The normalized spacial score (nSPS) is 11.1. The van der Waals surface area contributed by atoms with Crippen LogP contribution in [0.5, 0.6) is 0 Å². The molecule has 0 saturated carbocycles. The van der Waals surface area contributed by atoms with Gasteiger partial charge in [0.15, 0.2) is 0 Å². The van der Waals surface area contributed by atoms with Crippen molar-refractivity contribution in [3.63, 3.8) is 0 Å². The smallest absolute Gasteiger partial charge is 0.224 e. The van der Waals surface area contributed by atoms with Crippen molar-refractivity contribution in [1.82, 2.24) is 9.97 Å². The first-order chi connectivity index (χ1) is 6.92. The molecule has 0 radical (unpaired) electrons. The summed E-state index contributed by atoms with van der Waals surface area (Å²) in [6, 6.07) is 0. The lowest BCUT2D eigenvalue weighted by Gasteiger charge is -2.20. The van der Waals surface area contributed by atoms with Crippen molar-refractivity contribution in [3.8, 4) is 0 Å². The molecule has 0 atom stereocenters. The summed E-state index contributed by atoms with van der Waals surface area (Å²) in [5.74, 6) is 0.158. The Morgan fingerprint density at radius 2 is 2.07 bits per heavy atom. The molecule has 1 aromatic rings. The first kappa shape index (κ1) is 12.2. The van der Waals surface area contributed by atoms with Crippen molar-refractivity contribution in [3.05, 3.63) is 16.0 Å². The van der Waals surface area contributed by atoms with Gasteiger partial charge in [-0.05, 0) is 36.4 Å². The Bertz CT molecular complexity index is 350. The van der Waals surface area contributed by atoms with Crippen molar-refractivity contribution in [2.75, 3.05) is 11.9 Å². The van der Waals surface area contributed by atoms with E-state index in [0.717, 1.165) is 3.57 Å². The van der Waals surface area contributed by atoms with Gasteiger partial charge in [-0.2, -0.15) is 0 Å². The maximum absolute atomic E-state index is 11.0. The van der Waals surface area contributed by atoms with Crippen LogP contribution >= 0.6 is 22.6 Å². The summed E-state index contributed by atoms with van der Waals surface area (Å²) in [6.45, 7) is 3.97. The van der Waals surface area contributed by atoms with Crippen LogP contribution in [0, 0.1) is 8.99 Å². The van der Waals surface area contributed by atoms with Gasteiger partial charge in [-0.15, -0.1) is 0 Å². The Kier molecular flexibility index (Phi) is 3.83. The molecule has 82 valence electrons. The number of rotatable bonds is 4. The number of nitrogens with zero attached hydrogens (tertiary/aromatic N) is 2. The molecule has 15 heavy (non-hydrogen) atoms. The van der Waals surface area contributed by atoms with Crippen molar-refractivity contribution in [1.29, 1.82) is 0 Å². The summed E-state index contributed by atoms with van der Waals surface area (Å²) < 4.78 is 0.965. The van der Waals surface area contributed by atoms with Gasteiger partial charge in [0.1, 0.15) is 0 Å². The summed E-state index contributed by atoms with van der Waals surface area (Å²) >= 11 is 2.12. The number of nitrogens with one attached hydrogen (secondary N) is 1. The van der Waals surface area contributed by atoms with Crippen LogP contribution in [0.25, 0.3) is 0 Å². The van der Waals surface area contributed by atoms with E-state index in [1.54, 1.807) is 26.2 Å². The number of hydrogen-bond donors (Lipinski definition) is 2. The van der Waals surface area contributed by atoms with E-state index >= 15 is 0 Å². The third-order valence-corrected chi connectivity index (χ3v) is 2.53. The minimum Gasteiger partial charge on any atom is -0.369 e. The zero-order valence-electron chi connectivity index (χ0n) is 8.62. The first-order valence-corrected chi connectivity index (χ1v) is 5.51. The molecule has 3 N–H and O–H groups in total. The summed E-state index contributed by atoms with van der Waals surface area (Å²) in [7, 11) is 0. The topological polar surface area (TPSA) is 80.9 Å². The number of hydrogen-bond acceptors (Lipinski definition) is 4. The van der Waals surface area contributed by atoms with Gasteiger partial charge in [0.25, 0.3) is 0 Å². The van der Waals surface area contributed by atoms with Crippen LogP contribution in [0.3, 0.4) is 0 Å². The average molecular weight is 320 g/mol. The molecule has 0 bridgehead atoms. The molecule has 6 heteroatoms. The molecule has 0 unspecified atom stereocenters. The Labute approximate surface area is 102 Å². The van der Waals surface area contributed by atoms with E-state index in [2.05, 4.69) is 37.9 Å². The van der Waals surface area contributed by atoms with Crippen LogP contribution in [0.2, 0.25) is 0 Å². The molecule has 1 amide bonds. The monoisotopic (exact) mass is 320 g/mol. The molecule has 0 aromatic carbocycles. The Morgan fingerprint density at radius 1 is 1.53 bits per heavy atom. The first-order valence-electron chi connectivity index (χ1n) is 4.43. The van der Waals surface area contributed by atoms with Gasteiger partial charge in [-0.3, -0.25) is 4.79 Å². The lowest BCUT2D eigenvalue weighted by atomic mass is 9.93. The van der Waals surface area contributed by atoms with Gasteiger partial charge < -0.3 is 11.1 Å². The second-order valence-electron chi connectivity index (χ2n) is 3.83. The molecule has 1 aromatic heterocycles. The molecular weight excluding hydrogens is 307 g/mol. The second kappa shape index (κ2) is 4.73. The molecule has 0 saturated heterocycles. The van der Waals surface area contributed by atoms with Gasteiger partial charge >= 0.3 is 0 Å². The van der Waals surface area contributed by atoms with Gasteiger partial charge in [0, 0.05) is 22.5 Å². The summed E-state index contributed by atoms with van der Waals surface area (Å²) in [5.41, 5.74) is 4.63. The van der Waals surface area contributed by atoms with Gasteiger partial charge in [0.05, 0.1) is 5.41 Å². The van der Waals surface area contributed by atoms with Gasteiger partial charge in [-0.1, -0.05) is 0 Å².